The normalized spacial score (nSPS) is 16.7. The summed E-state index contributed by atoms with van der Waals surface area (Å²) >= 11 is 0. The first-order valence-electron chi connectivity index (χ1n) is 11.3. The van der Waals surface area contributed by atoms with Crippen LogP contribution in [0.1, 0.15) is 36.0 Å². The van der Waals surface area contributed by atoms with Crippen molar-refractivity contribution in [3.05, 3.63) is 89.9 Å². The Hall–Kier alpha value is -4.13. The Morgan fingerprint density at radius 2 is 1.94 bits per heavy atom. The van der Waals surface area contributed by atoms with Crippen LogP contribution >= 0.6 is 0 Å². The Bertz CT molecular complexity index is 1280. The van der Waals surface area contributed by atoms with E-state index in [2.05, 4.69) is 9.98 Å². The van der Waals surface area contributed by atoms with Crippen molar-refractivity contribution in [1.29, 1.82) is 0 Å². The van der Waals surface area contributed by atoms with Crippen LogP contribution in [0.4, 0.5) is 11.4 Å². The van der Waals surface area contributed by atoms with Gasteiger partial charge in [0, 0.05) is 18.0 Å². The second kappa shape index (κ2) is 8.67. The number of phenols is 1. The van der Waals surface area contributed by atoms with Crippen LogP contribution in [0.5, 0.6) is 11.5 Å². The molecule has 3 aromatic rings. The number of amides is 1. The molecule has 0 atom stereocenters. The average molecular weight is 455 g/mol. The van der Waals surface area contributed by atoms with Gasteiger partial charge in [0.1, 0.15) is 11.5 Å². The number of rotatable bonds is 6. The first kappa shape index (κ1) is 21.7. The van der Waals surface area contributed by atoms with Crippen LogP contribution < -0.4 is 15.4 Å². The number of methoxy groups -OCH3 is 1. The zero-order valence-electron chi connectivity index (χ0n) is 18.9. The molecule has 0 unspecified atom stereocenters. The number of allylic oxidation sites excluding steroid dienone is 1. The van der Waals surface area contributed by atoms with E-state index < -0.39 is 5.41 Å². The number of aliphatic imine (C=N–C) groups is 1. The van der Waals surface area contributed by atoms with Gasteiger partial charge in [-0.15, -0.1) is 0 Å². The number of phenolic OH excluding ortho intramolecular Hbond substituents is 1. The van der Waals surface area contributed by atoms with Gasteiger partial charge in [-0.3, -0.25) is 9.78 Å². The smallest absolute Gasteiger partial charge is 0.238 e. The summed E-state index contributed by atoms with van der Waals surface area (Å²) in [5.74, 6) is 0.860. The summed E-state index contributed by atoms with van der Waals surface area (Å²) in [7, 11) is 1.62. The molecule has 0 bridgehead atoms. The molecule has 1 fully saturated rings. The minimum absolute atomic E-state index is 0.0407. The number of benzene rings is 2. The van der Waals surface area contributed by atoms with E-state index in [0.717, 1.165) is 41.8 Å². The molecule has 2 heterocycles. The Balaban J connectivity index is 1.58. The molecule has 2 aliphatic rings. The summed E-state index contributed by atoms with van der Waals surface area (Å²) < 4.78 is 5.24. The number of aromatic nitrogens is 1. The molecule has 172 valence electrons. The van der Waals surface area contributed by atoms with E-state index in [-0.39, 0.29) is 11.7 Å². The highest BCUT2D eigenvalue weighted by atomic mass is 16.5. The molecule has 3 N–H and O–H groups in total. The van der Waals surface area contributed by atoms with Crippen molar-refractivity contribution in [3.63, 3.8) is 0 Å². The molecule has 1 amide bonds. The first-order valence-corrected chi connectivity index (χ1v) is 11.3. The Labute approximate surface area is 198 Å². The molecule has 1 spiro atoms. The maximum absolute atomic E-state index is 13.7. The quantitative estimate of drug-likeness (QED) is 0.539. The topological polar surface area (TPSA) is 101 Å². The van der Waals surface area contributed by atoms with Gasteiger partial charge in [-0.2, -0.15) is 0 Å². The summed E-state index contributed by atoms with van der Waals surface area (Å²) in [6.45, 7) is 0.380. The molecule has 0 saturated heterocycles. The van der Waals surface area contributed by atoms with Crippen molar-refractivity contribution in [2.75, 3.05) is 12.0 Å². The fraction of sp³-hybridized carbons (Fsp3) is 0.222. The van der Waals surface area contributed by atoms with Crippen LogP contribution in [0.25, 0.3) is 0 Å². The van der Waals surface area contributed by atoms with Crippen molar-refractivity contribution in [2.24, 2.45) is 10.7 Å². The van der Waals surface area contributed by atoms with Gasteiger partial charge >= 0.3 is 0 Å². The van der Waals surface area contributed by atoms with Crippen LogP contribution in [-0.4, -0.2) is 28.8 Å². The van der Waals surface area contributed by atoms with Gasteiger partial charge in [-0.1, -0.05) is 18.6 Å². The second-order valence-electron chi connectivity index (χ2n) is 8.63. The lowest BCUT2D eigenvalue weighted by molar-refractivity contribution is -0.126. The second-order valence-corrected chi connectivity index (χ2v) is 8.63. The number of carbonyl (C=O) groups is 1. The Kier molecular flexibility index (Phi) is 5.53. The highest BCUT2D eigenvalue weighted by Crippen LogP contribution is 2.56. The summed E-state index contributed by atoms with van der Waals surface area (Å²) in [6, 6.07) is 14.9. The highest BCUT2D eigenvalue weighted by molar-refractivity contribution is 6.14. The number of aromatic hydroxyl groups is 1. The lowest BCUT2D eigenvalue weighted by Gasteiger charge is -2.37. The van der Waals surface area contributed by atoms with Crippen molar-refractivity contribution in [3.8, 4) is 11.5 Å². The number of hydrogen-bond acceptors (Lipinski definition) is 6. The van der Waals surface area contributed by atoms with Crippen LogP contribution in [-0.2, 0) is 16.8 Å². The van der Waals surface area contributed by atoms with E-state index in [1.165, 1.54) is 6.20 Å². The van der Waals surface area contributed by atoms with Gasteiger partial charge in [0.25, 0.3) is 0 Å². The summed E-state index contributed by atoms with van der Waals surface area (Å²) in [5, 5.41) is 11.2. The molecule has 7 heteroatoms. The fourth-order valence-corrected chi connectivity index (χ4v) is 4.82. The fourth-order valence-electron chi connectivity index (χ4n) is 4.82. The van der Waals surface area contributed by atoms with Crippen LogP contribution in [0.3, 0.4) is 0 Å². The number of nitrogens with zero attached hydrogens (tertiary/aromatic N) is 3. The third-order valence-corrected chi connectivity index (χ3v) is 6.70. The summed E-state index contributed by atoms with van der Waals surface area (Å²) in [6.07, 6.45) is 8.97. The van der Waals surface area contributed by atoms with Gasteiger partial charge in [-0.25, -0.2) is 4.99 Å². The standard InChI is InChI=1S/C27H26N4O3/c1-34-21-5-3-18(4-6-21)17-31-25-22(27(26(31)33)10-2-11-27)15-19(16-24(25)32)23(7-12-28)30-20-8-13-29-14-9-20/h3-9,12-16,32H,2,10-11,17,28H2,1H3. The van der Waals surface area contributed by atoms with Crippen molar-refractivity contribution >= 4 is 23.0 Å². The van der Waals surface area contributed by atoms with Gasteiger partial charge in [0.05, 0.1) is 36.2 Å². The molecule has 7 nitrogen and oxygen atoms in total. The predicted octanol–water partition coefficient (Wildman–Crippen LogP) is 4.36. The Morgan fingerprint density at radius 1 is 1.21 bits per heavy atom. The summed E-state index contributed by atoms with van der Waals surface area (Å²) in [4.78, 5) is 24.1. The molecule has 1 saturated carbocycles. The minimum Gasteiger partial charge on any atom is -0.506 e. The monoisotopic (exact) mass is 454 g/mol. The molecule has 1 aliphatic heterocycles. The number of carbonyl (C=O) groups excluding carboxylic acids is 1. The van der Waals surface area contributed by atoms with E-state index in [0.29, 0.717) is 23.5 Å². The number of anilines is 1. The number of fused-ring (bicyclic) bond motifs is 2. The van der Waals surface area contributed by atoms with E-state index in [1.807, 2.05) is 30.3 Å². The molecular formula is C27H26N4O3. The van der Waals surface area contributed by atoms with E-state index >= 15 is 0 Å². The average Bonchev–Trinajstić information content (AvgIpc) is 3.08. The maximum Gasteiger partial charge on any atom is 0.238 e. The van der Waals surface area contributed by atoms with E-state index in [1.54, 1.807) is 48.7 Å². The summed E-state index contributed by atoms with van der Waals surface area (Å²) in [5.41, 5.74) is 9.55. The third kappa shape index (κ3) is 3.59. The maximum atomic E-state index is 13.7. The first-order chi connectivity index (χ1) is 16.6. The lowest BCUT2D eigenvalue weighted by Crippen LogP contribution is -2.44. The van der Waals surface area contributed by atoms with Crippen molar-refractivity contribution < 1.29 is 14.6 Å². The van der Waals surface area contributed by atoms with Gasteiger partial charge in [-0.05, 0) is 72.6 Å². The Morgan fingerprint density at radius 3 is 2.56 bits per heavy atom. The van der Waals surface area contributed by atoms with E-state index in [9.17, 15) is 9.90 Å². The minimum atomic E-state index is -0.594. The van der Waals surface area contributed by atoms with Crippen LogP contribution in [0, 0.1) is 0 Å². The van der Waals surface area contributed by atoms with Crippen LogP contribution in [0.2, 0.25) is 0 Å². The molecule has 2 aromatic carbocycles. The third-order valence-electron chi connectivity index (χ3n) is 6.70. The van der Waals surface area contributed by atoms with Crippen molar-refractivity contribution in [1.82, 2.24) is 4.98 Å². The molecular weight excluding hydrogens is 428 g/mol. The van der Waals surface area contributed by atoms with Gasteiger partial charge in [0.2, 0.25) is 5.91 Å². The van der Waals surface area contributed by atoms with Gasteiger partial charge in [0.15, 0.2) is 0 Å². The highest BCUT2D eigenvalue weighted by Gasteiger charge is 2.55. The number of nitrogens with two attached hydrogens (primary N) is 1. The lowest BCUT2D eigenvalue weighted by atomic mass is 9.65. The zero-order chi connectivity index (χ0) is 23.7. The van der Waals surface area contributed by atoms with Crippen LogP contribution in [0.15, 0.2) is 78.2 Å². The van der Waals surface area contributed by atoms with Crippen molar-refractivity contribution in [2.45, 2.75) is 31.2 Å². The molecule has 1 aromatic heterocycles. The van der Waals surface area contributed by atoms with E-state index in [4.69, 9.17) is 10.5 Å². The number of pyridine rings is 1. The predicted molar refractivity (Wildman–Crippen MR) is 132 cm³/mol. The SMILES string of the molecule is COc1ccc(CN2C(=O)C3(CCC3)c3cc(C(C=CN)=Nc4ccncc4)cc(O)c32)cc1. The number of hydrogen-bond donors (Lipinski definition) is 2. The molecule has 0 radical (unpaired) electrons. The molecule has 5 rings (SSSR count). The molecule has 34 heavy (non-hydrogen) atoms. The largest absolute Gasteiger partial charge is 0.506 e. The van der Waals surface area contributed by atoms with Gasteiger partial charge < -0.3 is 20.5 Å². The zero-order valence-corrected chi connectivity index (χ0v) is 18.9. The molecule has 1 aliphatic carbocycles. The number of ether oxygens (including phenoxy) is 1.